The number of nitrogens with one attached hydrogen (secondary N) is 2. The molecule has 1 aliphatic heterocycles. The minimum Gasteiger partial charge on any atom is -0.361 e. The van der Waals surface area contributed by atoms with Crippen molar-refractivity contribution in [2.45, 2.75) is 24.3 Å². The third kappa shape index (κ3) is 5.66. The Balaban J connectivity index is 1.68. The van der Waals surface area contributed by atoms with Crippen LogP contribution in [0.1, 0.15) is 22.3 Å². The number of nitrogens with zero attached hydrogens (tertiary/aromatic N) is 4. The average Bonchev–Trinajstić information content (AvgIpc) is 3.28. The van der Waals surface area contributed by atoms with Crippen LogP contribution in [0.5, 0.6) is 0 Å². The second-order valence-electron chi connectivity index (χ2n) is 7.81. The smallest absolute Gasteiger partial charge is 0.341 e. The molecule has 1 atom stereocenters. The van der Waals surface area contributed by atoms with Crippen LogP contribution in [0.25, 0.3) is 0 Å². The molecule has 192 valence electrons. The first-order valence-corrected chi connectivity index (χ1v) is 12.9. The fourth-order valence-electron chi connectivity index (χ4n) is 3.58. The molecule has 0 saturated carbocycles. The van der Waals surface area contributed by atoms with Crippen LogP contribution in [-0.4, -0.2) is 49.2 Å². The van der Waals surface area contributed by atoms with Crippen molar-refractivity contribution >= 4 is 62.5 Å². The summed E-state index contributed by atoms with van der Waals surface area (Å²) in [5.41, 5.74) is 0.924. The first-order chi connectivity index (χ1) is 17.6. The molecule has 1 aromatic carbocycles. The molecule has 1 aliphatic rings. The highest BCUT2D eigenvalue weighted by atomic mass is 35.5. The number of aromatic nitrogens is 2. The van der Waals surface area contributed by atoms with Gasteiger partial charge in [0.2, 0.25) is 11.8 Å². The van der Waals surface area contributed by atoms with Crippen molar-refractivity contribution in [2.75, 3.05) is 17.4 Å². The average molecular weight is 563 g/mol. The minimum absolute atomic E-state index is 0.112. The summed E-state index contributed by atoms with van der Waals surface area (Å²) >= 11 is 12.4. The minimum atomic E-state index is -4.27. The highest BCUT2D eigenvalue weighted by molar-refractivity contribution is 7.87. The molecule has 3 heterocycles. The maximum Gasteiger partial charge on any atom is 0.341 e. The summed E-state index contributed by atoms with van der Waals surface area (Å²) < 4.78 is 30.7. The lowest BCUT2D eigenvalue weighted by Gasteiger charge is -2.23. The summed E-state index contributed by atoms with van der Waals surface area (Å²) in [6, 6.07) is 7.82. The van der Waals surface area contributed by atoms with E-state index in [0.717, 1.165) is 6.20 Å². The Morgan fingerprint density at radius 1 is 1.16 bits per heavy atom. The molecule has 37 heavy (non-hydrogen) atoms. The Kier molecular flexibility index (Phi) is 7.62. The van der Waals surface area contributed by atoms with Crippen molar-refractivity contribution in [3.63, 3.8) is 0 Å². The molecule has 0 radical (unpaired) electrons. The van der Waals surface area contributed by atoms with Gasteiger partial charge >= 0.3 is 10.1 Å². The lowest BCUT2D eigenvalue weighted by atomic mass is 10.1. The van der Waals surface area contributed by atoms with E-state index in [1.165, 1.54) is 42.6 Å². The summed E-state index contributed by atoms with van der Waals surface area (Å²) in [5, 5.41) is 11.1. The largest absolute Gasteiger partial charge is 0.361 e. The number of aryl methyl sites for hydroxylation is 1. The van der Waals surface area contributed by atoms with Gasteiger partial charge in [-0.05, 0) is 48.9 Å². The zero-order valence-corrected chi connectivity index (χ0v) is 21.8. The van der Waals surface area contributed by atoms with Gasteiger partial charge in [0.25, 0.3) is 5.91 Å². The number of amides is 2. The Labute approximate surface area is 222 Å². The van der Waals surface area contributed by atoms with Gasteiger partial charge in [0.15, 0.2) is 5.82 Å². The van der Waals surface area contributed by atoms with Crippen LogP contribution in [-0.2, 0) is 19.1 Å². The SMILES string of the molecule is CNC(=O)c1cc(Cl)cc(C)c1NC(=O)C1CC(OS(=O)(=O)c2cccnc2)=NN1c1ncccc1Cl. The molecule has 0 saturated heterocycles. The number of anilines is 2. The van der Waals surface area contributed by atoms with Crippen LogP contribution in [0.4, 0.5) is 11.5 Å². The number of carbonyl (C=O) groups excluding carboxylic acids is 2. The first-order valence-electron chi connectivity index (χ1n) is 10.8. The number of rotatable bonds is 6. The molecule has 14 heteroatoms. The summed E-state index contributed by atoms with van der Waals surface area (Å²) in [5.74, 6) is -1.22. The molecule has 3 aromatic rings. The third-order valence-electron chi connectivity index (χ3n) is 5.29. The van der Waals surface area contributed by atoms with Gasteiger partial charge < -0.3 is 14.8 Å². The monoisotopic (exact) mass is 562 g/mol. The highest BCUT2D eigenvalue weighted by Gasteiger charge is 2.39. The van der Waals surface area contributed by atoms with E-state index >= 15 is 0 Å². The lowest BCUT2D eigenvalue weighted by Crippen LogP contribution is -2.39. The quantitative estimate of drug-likeness (QED) is 0.435. The fraction of sp³-hybridized carbons (Fsp3) is 0.174. The molecule has 0 fully saturated rings. The number of hydrogen-bond donors (Lipinski definition) is 2. The van der Waals surface area contributed by atoms with E-state index in [0.29, 0.717) is 10.6 Å². The normalized spacial score (nSPS) is 15.2. The molecule has 0 spiro atoms. The number of carbonyl (C=O) groups is 2. The zero-order valence-electron chi connectivity index (χ0n) is 19.5. The van der Waals surface area contributed by atoms with Gasteiger partial charge in [0.1, 0.15) is 10.9 Å². The van der Waals surface area contributed by atoms with E-state index in [9.17, 15) is 18.0 Å². The van der Waals surface area contributed by atoms with Crippen molar-refractivity contribution in [1.82, 2.24) is 15.3 Å². The Morgan fingerprint density at radius 2 is 1.92 bits per heavy atom. The van der Waals surface area contributed by atoms with Gasteiger partial charge in [-0.2, -0.15) is 8.42 Å². The van der Waals surface area contributed by atoms with Crippen LogP contribution < -0.4 is 15.6 Å². The van der Waals surface area contributed by atoms with Crippen molar-refractivity contribution in [3.05, 3.63) is 76.2 Å². The van der Waals surface area contributed by atoms with E-state index in [2.05, 4.69) is 25.7 Å². The third-order valence-corrected chi connectivity index (χ3v) is 7.03. The van der Waals surface area contributed by atoms with Crippen molar-refractivity contribution in [3.8, 4) is 0 Å². The van der Waals surface area contributed by atoms with Crippen LogP contribution in [0.15, 0.2) is 65.0 Å². The zero-order chi connectivity index (χ0) is 26.7. The molecule has 0 bridgehead atoms. The molecule has 0 aliphatic carbocycles. The molecule has 11 nitrogen and oxygen atoms in total. The van der Waals surface area contributed by atoms with Crippen LogP contribution in [0, 0.1) is 6.92 Å². The molecule has 1 unspecified atom stereocenters. The number of hydrogen-bond acceptors (Lipinski definition) is 9. The maximum atomic E-state index is 13.5. The Morgan fingerprint density at radius 3 is 2.59 bits per heavy atom. The van der Waals surface area contributed by atoms with Gasteiger partial charge in [0, 0.05) is 30.7 Å². The summed E-state index contributed by atoms with van der Waals surface area (Å²) in [6.07, 6.45) is 3.76. The predicted octanol–water partition coefficient (Wildman–Crippen LogP) is 3.39. The molecule has 2 aromatic heterocycles. The predicted molar refractivity (Wildman–Crippen MR) is 138 cm³/mol. The lowest BCUT2D eigenvalue weighted by molar-refractivity contribution is -0.117. The second-order valence-corrected chi connectivity index (χ2v) is 10.2. The van der Waals surface area contributed by atoms with E-state index in [1.54, 1.807) is 25.1 Å². The maximum absolute atomic E-state index is 13.5. The molecule has 2 N–H and O–H groups in total. The fourth-order valence-corrected chi connectivity index (χ4v) is 4.94. The molecular formula is C23H20Cl2N6O5S. The van der Waals surface area contributed by atoms with E-state index in [1.807, 2.05) is 0 Å². The van der Waals surface area contributed by atoms with E-state index < -0.39 is 28.0 Å². The summed E-state index contributed by atoms with van der Waals surface area (Å²) in [7, 11) is -2.82. The molecule has 4 rings (SSSR count). The highest BCUT2D eigenvalue weighted by Crippen LogP contribution is 2.32. The van der Waals surface area contributed by atoms with Gasteiger partial charge in [-0.25, -0.2) is 9.99 Å². The first kappa shape index (κ1) is 26.3. The summed E-state index contributed by atoms with van der Waals surface area (Å²) in [4.78, 5) is 33.8. The van der Waals surface area contributed by atoms with Crippen molar-refractivity contribution < 1.29 is 22.2 Å². The van der Waals surface area contributed by atoms with Crippen LogP contribution in [0.2, 0.25) is 10.0 Å². The van der Waals surface area contributed by atoms with Crippen molar-refractivity contribution in [2.24, 2.45) is 5.10 Å². The molecule has 2 amide bonds. The summed E-state index contributed by atoms with van der Waals surface area (Å²) in [6.45, 7) is 1.68. The second kappa shape index (κ2) is 10.7. The van der Waals surface area contributed by atoms with E-state index in [4.69, 9.17) is 27.4 Å². The van der Waals surface area contributed by atoms with E-state index in [-0.39, 0.29) is 39.3 Å². The van der Waals surface area contributed by atoms with Gasteiger partial charge in [0.05, 0.1) is 22.7 Å². The van der Waals surface area contributed by atoms with Gasteiger partial charge in [-0.3, -0.25) is 14.6 Å². The van der Waals surface area contributed by atoms with Crippen LogP contribution >= 0.6 is 23.2 Å². The Hall–Kier alpha value is -3.74. The number of pyridine rings is 2. The number of benzene rings is 1. The number of halogens is 2. The topological polar surface area (TPSA) is 143 Å². The number of hydrazone groups is 1. The molecular weight excluding hydrogens is 543 g/mol. The Bertz CT molecular complexity index is 1500. The van der Waals surface area contributed by atoms with Crippen LogP contribution in [0.3, 0.4) is 0 Å². The van der Waals surface area contributed by atoms with Gasteiger partial charge in [-0.15, -0.1) is 5.10 Å². The standard InChI is InChI=1S/C23H20Cl2N6O5S/c1-13-9-14(24)10-16(22(32)26-2)20(13)29-23(33)18-11-19(30-31(18)21-17(25)6-4-8-28-21)36-37(34,35)15-5-3-7-27-12-15/h3-10,12,18H,11H2,1-2H3,(H,26,32)(H,29,33). The van der Waals surface area contributed by atoms with Crippen molar-refractivity contribution in [1.29, 1.82) is 0 Å². The van der Waals surface area contributed by atoms with Gasteiger partial charge in [-0.1, -0.05) is 23.2 Å².